The van der Waals surface area contributed by atoms with Crippen molar-refractivity contribution in [2.24, 2.45) is 0 Å². The molecule has 0 aliphatic rings. The molecule has 0 radical (unpaired) electrons. The molecular weight excluding hydrogens is 432 g/mol. The number of hydrogen-bond donors (Lipinski definition) is 2. The van der Waals surface area contributed by atoms with Crippen molar-refractivity contribution in [1.82, 2.24) is 4.98 Å². The van der Waals surface area contributed by atoms with Crippen molar-refractivity contribution in [3.63, 3.8) is 0 Å². The summed E-state index contributed by atoms with van der Waals surface area (Å²) in [5, 5.41) is 4.41. The number of nitrogens with one attached hydrogen (secondary N) is 2. The van der Waals surface area contributed by atoms with Crippen LogP contribution < -0.4 is 10.9 Å². The number of halogens is 1. The number of aromatic amines is 1. The van der Waals surface area contributed by atoms with Gasteiger partial charge < -0.3 is 10.3 Å². The predicted molar refractivity (Wildman–Crippen MR) is 138 cm³/mol. The van der Waals surface area contributed by atoms with Crippen molar-refractivity contribution in [1.29, 1.82) is 0 Å². The molecule has 0 saturated carbocycles. The first-order valence-corrected chi connectivity index (χ1v) is 10.9. The highest BCUT2D eigenvalue weighted by Gasteiger charge is 2.18. The van der Waals surface area contributed by atoms with Gasteiger partial charge in [0.15, 0.2) is 5.78 Å². The average Bonchev–Trinajstić information content (AvgIpc) is 2.83. The van der Waals surface area contributed by atoms with Crippen molar-refractivity contribution in [2.45, 2.75) is 6.42 Å². The fraction of sp³-hybridized carbons (Fsp3) is 0.0714. The second-order valence-electron chi connectivity index (χ2n) is 7.66. The zero-order valence-electron chi connectivity index (χ0n) is 18.2. The standard InChI is InChI=1S/C28H23ClN2O2/c1-3-20-15-19(9-12-24(20)30-2)10-14-26(32)27-23(16-18-7-5-4-6-8-18)22-17-21(29)11-13-25(22)31-28(27)33/h3-15,17,30H,1,16H2,2H3,(H,31,33)/b14-10+. The smallest absolute Gasteiger partial charge is 0.259 e. The Balaban J connectivity index is 1.80. The zero-order chi connectivity index (χ0) is 23.4. The number of aromatic nitrogens is 1. The average molecular weight is 455 g/mol. The van der Waals surface area contributed by atoms with Crippen LogP contribution in [0.1, 0.15) is 32.6 Å². The molecule has 0 aliphatic heterocycles. The Hall–Kier alpha value is -3.89. The molecule has 164 valence electrons. The molecule has 0 spiro atoms. The van der Waals surface area contributed by atoms with E-state index in [0.29, 0.717) is 22.5 Å². The fourth-order valence-electron chi connectivity index (χ4n) is 3.91. The molecule has 0 atom stereocenters. The lowest BCUT2D eigenvalue weighted by atomic mass is 9.94. The number of rotatable bonds is 7. The van der Waals surface area contributed by atoms with Crippen LogP contribution in [0.5, 0.6) is 0 Å². The van der Waals surface area contributed by atoms with E-state index in [-0.39, 0.29) is 11.3 Å². The number of benzene rings is 3. The first-order valence-electron chi connectivity index (χ1n) is 10.5. The molecule has 1 heterocycles. The maximum Gasteiger partial charge on any atom is 0.259 e. The van der Waals surface area contributed by atoms with Crippen LogP contribution >= 0.6 is 11.6 Å². The van der Waals surface area contributed by atoms with Gasteiger partial charge in [-0.2, -0.15) is 0 Å². The number of hydrogen-bond acceptors (Lipinski definition) is 3. The third-order valence-electron chi connectivity index (χ3n) is 5.55. The first-order chi connectivity index (χ1) is 16.0. The lowest BCUT2D eigenvalue weighted by molar-refractivity contribution is 0.104. The van der Waals surface area contributed by atoms with Crippen molar-refractivity contribution >= 4 is 46.1 Å². The Morgan fingerprint density at radius 2 is 1.88 bits per heavy atom. The van der Waals surface area contributed by atoms with Crippen molar-refractivity contribution in [3.05, 3.63) is 123 Å². The lowest BCUT2D eigenvalue weighted by Gasteiger charge is -2.12. The van der Waals surface area contributed by atoms with Gasteiger partial charge in [-0.25, -0.2) is 0 Å². The summed E-state index contributed by atoms with van der Waals surface area (Å²) < 4.78 is 0. The molecule has 4 rings (SSSR count). The molecule has 0 bridgehead atoms. The summed E-state index contributed by atoms with van der Waals surface area (Å²) in [6.07, 6.45) is 5.34. The van der Waals surface area contributed by atoms with E-state index in [4.69, 9.17) is 11.6 Å². The van der Waals surface area contributed by atoms with E-state index in [1.54, 1.807) is 30.4 Å². The summed E-state index contributed by atoms with van der Waals surface area (Å²) in [7, 11) is 1.84. The molecule has 0 fully saturated rings. The minimum atomic E-state index is -0.414. The Labute approximate surface area is 197 Å². The molecular formula is C28H23ClN2O2. The van der Waals surface area contributed by atoms with Gasteiger partial charge >= 0.3 is 0 Å². The number of H-pyrrole nitrogens is 1. The number of carbonyl (C=O) groups excluding carboxylic acids is 1. The summed E-state index contributed by atoms with van der Waals surface area (Å²) in [6.45, 7) is 3.84. The van der Waals surface area contributed by atoms with E-state index in [1.807, 2.05) is 55.6 Å². The second kappa shape index (κ2) is 9.72. The zero-order valence-corrected chi connectivity index (χ0v) is 18.9. The van der Waals surface area contributed by atoms with Crippen LogP contribution in [0, 0.1) is 0 Å². The molecule has 5 heteroatoms. The number of pyridine rings is 1. The third kappa shape index (κ3) is 4.81. The van der Waals surface area contributed by atoms with Gasteiger partial charge in [0.05, 0.1) is 5.56 Å². The fourth-order valence-corrected chi connectivity index (χ4v) is 4.08. The molecule has 3 aromatic carbocycles. The van der Waals surface area contributed by atoms with Gasteiger partial charge in [-0.05, 0) is 65.1 Å². The second-order valence-corrected chi connectivity index (χ2v) is 8.09. The lowest BCUT2D eigenvalue weighted by Crippen LogP contribution is -2.20. The van der Waals surface area contributed by atoms with E-state index >= 15 is 0 Å². The molecule has 2 N–H and O–H groups in total. The third-order valence-corrected chi connectivity index (χ3v) is 5.78. The van der Waals surface area contributed by atoms with Crippen molar-refractivity contribution < 1.29 is 4.79 Å². The van der Waals surface area contributed by atoms with Crippen LogP contribution in [-0.2, 0) is 6.42 Å². The Morgan fingerprint density at radius 3 is 2.61 bits per heavy atom. The number of carbonyl (C=O) groups is 1. The number of anilines is 1. The van der Waals surface area contributed by atoms with Crippen LogP contribution in [0.15, 0.2) is 84.2 Å². The molecule has 33 heavy (non-hydrogen) atoms. The van der Waals surface area contributed by atoms with Gasteiger partial charge in [-0.3, -0.25) is 9.59 Å². The van der Waals surface area contributed by atoms with Gasteiger partial charge in [0.2, 0.25) is 0 Å². The SMILES string of the molecule is C=Cc1cc(/C=C/C(=O)c2c(Cc3ccccc3)c3cc(Cl)ccc3[nH]c2=O)ccc1NC. The van der Waals surface area contributed by atoms with Crippen molar-refractivity contribution in [2.75, 3.05) is 12.4 Å². The first kappa shape index (κ1) is 22.3. The molecule has 4 aromatic rings. The number of allylic oxidation sites excluding steroid dienone is 1. The topological polar surface area (TPSA) is 62.0 Å². The van der Waals surface area contributed by atoms with Gasteiger partial charge in [0.1, 0.15) is 0 Å². The van der Waals surface area contributed by atoms with Crippen LogP contribution in [0.25, 0.3) is 23.1 Å². The minimum Gasteiger partial charge on any atom is -0.388 e. The van der Waals surface area contributed by atoms with Gasteiger partial charge in [0.25, 0.3) is 5.56 Å². The molecule has 0 aliphatic carbocycles. The normalized spacial score (nSPS) is 11.1. The summed E-state index contributed by atoms with van der Waals surface area (Å²) in [6, 6.07) is 20.8. The number of ketones is 1. The molecule has 0 saturated heterocycles. The van der Waals surface area contributed by atoms with Gasteiger partial charge in [-0.15, -0.1) is 0 Å². The summed E-state index contributed by atoms with van der Waals surface area (Å²) in [4.78, 5) is 29.1. The van der Waals surface area contributed by atoms with E-state index in [0.717, 1.165) is 27.8 Å². The van der Waals surface area contributed by atoms with Crippen LogP contribution in [-0.4, -0.2) is 17.8 Å². The Bertz CT molecular complexity index is 1440. The molecule has 0 amide bonds. The Morgan fingerprint density at radius 1 is 1.09 bits per heavy atom. The van der Waals surface area contributed by atoms with Crippen LogP contribution in [0.2, 0.25) is 5.02 Å². The van der Waals surface area contributed by atoms with Gasteiger partial charge in [0, 0.05) is 28.7 Å². The largest absolute Gasteiger partial charge is 0.388 e. The highest BCUT2D eigenvalue weighted by atomic mass is 35.5. The summed E-state index contributed by atoms with van der Waals surface area (Å²) >= 11 is 6.26. The Kier molecular flexibility index (Phi) is 6.57. The molecule has 4 nitrogen and oxygen atoms in total. The van der Waals surface area contributed by atoms with Gasteiger partial charge in [-0.1, -0.05) is 66.7 Å². The number of fused-ring (bicyclic) bond motifs is 1. The maximum atomic E-state index is 13.3. The van der Waals surface area contributed by atoms with Crippen LogP contribution in [0.3, 0.4) is 0 Å². The van der Waals surface area contributed by atoms with E-state index in [1.165, 1.54) is 6.08 Å². The van der Waals surface area contributed by atoms with Crippen LogP contribution in [0.4, 0.5) is 5.69 Å². The highest BCUT2D eigenvalue weighted by Crippen LogP contribution is 2.26. The minimum absolute atomic E-state index is 0.126. The van der Waals surface area contributed by atoms with E-state index in [2.05, 4.69) is 16.9 Å². The summed E-state index contributed by atoms with van der Waals surface area (Å²) in [5.41, 5.74) is 4.73. The predicted octanol–water partition coefficient (Wildman–Crippen LogP) is 6.35. The maximum absolute atomic E-state index is 13.3. The van der Waals surface area contributed by atoms with Crippen molar-refractivity contribution in [3.8, 4) is 0 Å². The van der Waals surface area contributed by atoms with E-state index < -0.39 is 5.56 Å². The van der Waals surface area contributed by atoms with E-state index in [9.17, 15) is 9.59 Å². The molecule has 1 aromatic heterocycles. The summed E-state index contributed by atoms with van der Waals surface area (Å²) in [5.74, 6) is -0.359. The molecule has 0 unspecified atom stereocenters. The highest BCUT2D eigenvalue weighted by molar-refractivity contribution is 6.31. The monoisotopic (exact) mass is 454 g/mol. The quantitative estimate of drug-likeness (QED) is 0.252.